The van der Waals surface area contributed by atoms with E-state index in [9.17, 15) is 9.59 Å². The number of nitrogens with one attached hydrogen (secondary N) is 1. The Morgan fingerprint density at radius 2 is 1.75 bits per heavy atom. The zero-order valence-electron chi connectivity index (χ0n) is 18.2. The molecule has 5 heteroatoms. The van der Waals surface area contributed by atoms with Gasteiger partial charge in [0.25, 0.3) is 5.91 Å². The van der Waals surface area contributed by atoms with Gasteiger partial charge in [0.15, 0.2) is 5.78 Å². The van der Waals surface area contributed by atoms with Crippen molar-refractivity contribution in [2.24, 2.45) is 5.41 Å². The van der Waals surface area contributed by atoms with Crippen molar-refractivity contribution in [3.05, 3.63) is 102 Å². The number of allylic oxidation sites excluding steroid dienone is 1. The van der Waals surface area contributed by atoms with E-state index in [2.05, 4.69) is 24.1 Å². The molecule has 2 aromatic carbocycles. The van der Waals surface area contributed by atoms with Crippen LogP contribution in [0.2, 0.25) is 0 Å². The number of hydrogen-bond acceptors (Lipinski definition) is 4. The smallest absolute Gasteiger partial charge is 0.259 e. The fraction of sp³-hybridized carbons (Fsp3) is 0.222. The summed E-state index contributed by atoms with van der Waals surface area (Å²) in [6, 6.07) is 20.2. The summed E-state index contributed by atoms with van der Waals surface area (Å²) in [5.41, 5.74) is 4.33. The number of amides is 1. The molecule has 32 heavy (non-hydrogen) atoms. The van der Waals surface area contributed by atoms with Crippen LogP contribution >= 0.6 is 0 Å². The van der Waals surface area contributed by atoms with Crippen molar-refractivity contribution in [3.8, 4) is 0 Å². The molecular formula is C27H25N3O2. The Hall–Kier alpha value is -3.73. The van der Waals surface area contributed by atoms with Gasteiger partial charge in [0.2, 0.25) is 0 Å². The number of para-hydroxylation sites is 2. The van der Waals surface area contributed by atoms with E-state index in [0.717, 1.165) is 29.1 Å². The minimum Gasteiger partial charge on any atom is -0.357 e. The molecule has 2 aliphatic rings. The minimum atomic E-state index is -0.564. The lowest BCUT2D eigenvalue weighted by Gasteiger charge is -2.37. The predicted octanol–water partition coefficient (Wildman–Crippen LogP) is 5.54. The maximum Gasteiger partial charge on any atom is 0.259 e. The second-order valence-corrected chi connectivity index (χ2v) is 9.21. The van der Waals surface area contributed by atoms with Crippen LogP contribution in [0.4, 0.5) is 11.4 Å². The van der Waals surface area contributed by atoms with Crippen LogP contribution in [0.25, 0.3) is 0 Å². The first-order valence-corrected chi connectivity index (χ1v) is 10.9. The van der Waals surface area contributed by atoms with E-state index in [1.807, 2.05) is 66.7 Å². The Morgan fingerprint density at radius 3 is 2.50 bits per heavy atom. The summed E-state index contributed by atoms with van der Waals surface area (Å²) in [5.74, 6) is -0.0867. The number of ketones is 1. The van der Waals surface area contributed by atoms with Gasteiger partial charge in [0.1, 0.15) is 0 Å². The minimum absolute atomic E-state index is 0.0660. The van der Waals surface area contributed by atoms with Crippen LogP contribution < -0.4 is 10.2 Å². The lowest BCUT2D eigenvalue weighted by molar-refractivity contribution is -0.118. The van der Waals surface area contributed by atoms with Gasteiger partial charge >= 0.3 is 0 Å². The monoisotopic (exact) mass is 423 g/mol. The highest BCUT2D eigenvalue weighted by Crippen LogP contribution is 2.48. The predicted molar refractivity (Wildman–Crippen MR) is 125 cm³/mol. The van der Waals surface area contributed by atoms with Gasteiger partial charge in [-0.1, -0.05) is 50.2 Å². The molecule has 1 N–H and O–H groups in total. The van der Waals surface area contributed by atoms with E-state index in [4.69, 9.17) is 0 Å². The van der Waals surface area contributed by atoms with Crippen molar-refractivity contribution >= 4 is 23.1 Å². The number of anilines is 2. The van der Waals surface area contributed by atoms with Crippen molar-refractivity contribution in [2.45, 2.75) is 32.7 Å². The van der Waals surface area contributed by atoms with Crippen LogP contribution in [0.15, 0.2) is 90.4 Å². The van der Waals surface area contributed by atoms with E-state index in [0.29, 0.717) is 17.6 Å². The second kappa shape index (κ2) is 7.75. The quantitative estimate of drug-likeness (QED) is 0.588. The fourth-order valence-electron chi connectivity index (χ4n) is 4.78. The molecule has 0 saturated carbocycles. The van der Waals surface area contributed by atoms with Crippen LogP contribution in [0.3, 0.4) is 0 Å². The topological polar surface area (TPSA) is 62.3 Å². The summed E-state index contributed by atoms with van der Waals surface area (Å²) in [7, 11) is 0. The lowest BCUT2D eigenvalue weighted by atomic mass is 9.73. The van der Waals surface area contributed by atoms with Crippen LogP contribution in [0.5, 0.6) is 0 Å². The average Bonchev–Trinajstić information content (AvgIpc) is 2.93. The number of pyridine rings is 1. The van der Waals surface area contributed by atoms with Crippen LogP contribution in [-0.4, -0.2) is 16.7 Å². The molecule has 1 amide bonds. The largest absolute Gasteiger partial charge is 0.357 e. The molecule has 0 unspecified atom stereocenters. The molecule has 5 rings (SSSR count). The SMILES string of the molecule is CC1(C)CC(=O)C2=C(C1)Nc1ccccc1N(C(=O)c1ccccc1)[C@@H]2c1cccnc1. The van der Waals surface area contributed by atoms with E-state index in [1.165, 1.54) is 0 Å². The van der Waals surface area contributed by atoms with Crippen molar-refractivity contribution in [2.75, 3.05) is 10.2 Å². The number of Topliss-reactive ketones (excluding diaryl/α,β-unsaturated/α-hetero) is 1. The molecule has 1 aliphatic carbocycles. The van der Waals surface area contributed by atoms with Gasteiger partial charge in [0.05, 0.1) is 17.4 Å². The van der Waals surface area contributed by atoms with Gasteiger partial charge in [-0.3, -0.25) is 19.5 Å². The molecular weight excluding hydrogens is 398 g/mol. The number of carbonyl (C=O) groups excluding carboxylic acids is 2. The molecule has 0 bridgehead atoms. The first-order valence-electron chi connectivity index (χ1n) is 10.9. The Morgan fingerprint density at radius 1 is 1.00 bits per heavy atom. The van der Waals surface area contributed by atoms with Crippen LogP contribution in [0, 0.1) is 5.41 Å². The van der Waals surface area contributed by atoms with Crippen molar-refractivity contribution in [1.29, 1.82) is 0 Å². The highest BCUT2D eigenvalue weighted by Gasteiger charge is 2.43. The van der Waals surface area contributed by atoms with Crippen LogP contribution in [-0.2, 0) is 4.79 Å². The van der Waals surface area contributed by atoms with Gasteiger partial charge in [-0.2, -0.15) is 0 Å². The van der Waals surface area contributed by atoms with Gasteiger partial charge < -0.3 is 5.32 Å². The highest BCUT2D eigenvalue weighted by atomic mass is 16.2. The number of fused-ring (bicyclic) bond motifs is 1. The van der Waals surface area contributed by atoms with Crippen molar-refractivity contribution < 1.29 is 9.59 Å². The first kappa shape index (κ1) is 20.2. The molecule has 2 heterocycles. The number of carbonyl (C=O) groups is 2. The standard InChI is InChI=1S/C27H25N3O2/c1-27(2)15-21-24(23(31)16-27)25(19-11-8-14-28-17-19)30(22-13-7-6-12-20(22)29-21)26(32)18-9-4-3-5-10-18/h3-14,17,25,29H,15-16H2,1-2H3/t25-/m1/s1. The Kier molecular flexibility index (Phi) is 4.89. The average molecular weight is 424 g/mol. The zero-order valence-corrected chi connectivity index (χ0v) is 18.2. The molecule has 5 nitrogen and oxygen atoms in total. The molecule has 1 atom stereocenters. The first-order chi connectivity index (χ1) is 15.4. The zero-order chi connectivity index (χ0) is 22.3. The molecule has 0 spiro atoms. The third-order valence-electron chi connectivity index (χ3n) is 6.14. The normalized spacial score (nSPS) is 19.5. The summed E-state index contributed by atoms with van der Waals surface area (Å²) >= 11 is 0. The van der Waals surface area contributed by atoms with Gasteiger partial charge in [-0.25, -0.2) is 0 Å². The molecule has 160 valence electrons. The number of nitrogens with zero attached hydrogens (tertiary/aromatic N) is 2. The summed E-state index contributed by atoms with van der Waals surface area (Å²) in [6.07, 6.45) is 4.62. The Bertz CT molecular complexity index is 1220. The van der Waals surface area contributed by atoms with E-state index < -0.39 is 6.04 Å². The number of benzene rings is 2. The van der Waals surface area contributed by atoms with Crippen molar-refractivity contribution in [3.63, 3.8) is 0 Å². The molecule has 0 radical (unpaired) electrons. The number of aromatic nitrogens is 1. The van der Waals surface area contributed by atoms with Crippen molar-refractivity contribution in [1.82, 2.24) is 4.98 Å². The Balaban J connectivity index is 1.79. The maximum atomic E-state index is 14.0. The van der Waals surface area contributed by atoms with Gasteiger partial charge in [0, 0.05) is 35.6 Å². The fourth-order valence-corrected chi connectivity index (χ4v) is 4.78. The second-order valence-electron chi connectivity index (χ2n) is 9.21. The Labute approximate surface area is 187 Å². The van der Waals surface area contributed by atoms with Gasteiger partial charge in [-0.15, -0.1) is 0 Å². The third-order valence-corrected chi connectivity index (χ3v) is 6.14. The van der Waals surface area contributed by atoms with E-state index in [1.54, 1.807) is 17.3 Å². The van der Waals surface area contributed by atoms with E-state index in [-0.39, 0.29) is 17.1 Å². The summed E-state index contributed by atoms with van der Waals surface area (Å²) in [5, 5.41) is 3.53. The maximum absolute atomic E-state index is 14.0. The molecule has 0 saturated heterocycles. The summed E-state index contributed by atoms with van der Waals surface area (Å²) < 4.78 is 0. The molecule has 0 fully saturated rings. The van der Waals surface area contributed by atoms with Crippen LogP contribution in [0.1, 0.15) is 48.7 Å². The third kappa shape index (κ3) is 3.50. The molecule has 1 aliphatic heterocycles. The summed E-state index contributed by atoms with van der Waals surface area (Å²) in [6.45, 7) is 4.22. The number of hydrogen-bond donors (Lipinski definition) is 1. The number of rotatable bonds is 2. The molecule has 1 aromatic heterocycles. The van der Waals surface area contributed by atoms with Gasteiger partial charge in [-0.05, 0) is 47.7 Å². The molecule has 3 aromatic rings. The van der Waals surface area contributed by atoms with E-state index >= 15 is 0 Å². The summed E-state index contributed by atoms with van der Waals surface area (Å²) in [4.78, 5) is 33.6. The lowest BCUT2D eigenvalue weighted by Crippen LogP contribution is -2.39. The highest BCUT2D eigenvalue weighted by molar-refractivity contribution is 6.12.